The number of benzene rings is 2. The Balaban J connectivity index is 0.00000225. The smallest absolute Gasteiger partial charge is 0.249 e. The molecule has 6 heteroatoms. The molecule has 1 fully saturated rings. The fourth-order valence-corrected chi connectivity index (χ4v) is 3.86. The molecule has 0 radical (unpaired) electrons. The van der Waals surface area contributed by atoms with Gasteiger partial charge >= 0.3 is 0 Å². The molecule has 1 aromatic heterocycles. The molecule has 1 aliphatic heterocycles. The maximum absolute atomic E-state index is 12.6. The van der Waals surface area contributed by atoms with E-state index in [4.69, 9.17) is 10.5 Å². The zero-order valence-corrected chi connectivity index (χ0v) is 16.5. The Hall–Kier alpha value is -2.34. The summed E-state index contributed by atoms with van der Waals surface area (Å²) in [4.78, 5) is 15.9. The van der Waals surface area contributed by atoms with Crippen LogP contribution in [0.25, 0.3) is 10.9 Å². The van der Waals surface area contributed by atoms with Crippen LogP contribution in [0.4, 0.5) is 0 Å². The van der Waals surface area contributed by atoms with Crippen molar-refractivity contribution < 1.29 is 9.53 Å². The first-order valence-electron chi connectivity index (χ1n) is 9.50. The van der Waals surface area contributed by atoms with E-state index < -0.39 is 6.10 Å². The second-order valence-corrected chi connectivity index (χ2v) is 7.06. The molecule has 1 aliphatic rings. The van der Waals surface area contributed by atoms with Gasteiger partial charge in [0.25, 0.3) is 0 Å². The van der Waals surface area contributed by atoms with E-state index in [1.807, 2.05) is 36.5 Å². The Morgan fingerprint density at radius 2 is 1.89 bits per heavy atom. The van der Waals surface area contributed by atoms with E-state index in [2.05, 4.69) is 34.6 Å². The maximum Gasteiger partial charge on any atom is 0.249 e. The van der Waals surface area contributed by atoms with Gasteiger partial charge in [0.15, 0.2) is 0 Å². The van der Waals surface area contributed by atoms with E-state index in [1.165, 1.54) is 16.5 Å². The number of aromatic nitrogens is 1. The number of nitrogens with one attached hydrogen (secondary N) is 2. The van der Waals surface area contributed by atoms with E-state index in [0.29, 0.717) is 13.1 Å². The summed E-state index contributed by atoms with van der Waals surface area (Å²) < 4.78 is 5.73. The van der Waals surface area contributed by atoms with Gasteiger partial charge in [-0.25, -0.2) is 0 Å². The number of fused-ring (bicyclic) bond motifs is 1. The number of carbonyl (C=O) groups is 1. The Morgan fingerprint density at radius 1 is 1.14 bits per heavy atom. The van der Waals surface area contributed by atoms with Crippen LogP contribution in [0.2, 0.25) is 0 Å². The third kappa shape index (κ3) is 4.22. The molecule has 4 N–H and O–H groups in total. The minimum absolute atomic E-state index is 0. The van der Waals surface area contributed by atoms with Crippen molar-refractivity contribution in [3.05, 3.63) is 71.9 Å². The number of carbonyl (C=O) groups excluding carboxylic acids is 1. The number of H-pyrrole nitrogens is 1. The molecular formula is C22H26ClN3O2. The summed E-state index contributed by atoms with van der Waals surface area (Å²) in [7, 11) is 0. The van der Waals surface area contributed by atoms with Crippen LogP contribution in [-0.2, 0) is 9.53 Å². The SMILES string of the molecule is Cl.NC[C@H]1CC[C@@H](C(=O)NCC(c2ccccc2)c2c[nH]c3ccccc23)O1. The van der Waals surface area contributed by atoms with Crippen LogP contribution in [0.3, 0.4) is 0 Å². The van der Waals surface area contributed by atoms with Crippen molar-refractivity contribution in [3.8, 4) is 0 Å². The van der Waals surface area contributed by atoms with E-state index in [-0.39, 0.29) is 30.3 Å². The Labute approximate surface area is 171 Å². The van der Waals surface area contributed by atoms with Gasteiger partial charge in [0.05, 0.1) is 6.10 Å². The highest BCUT2D eigenvalue weighted by atomic mass is 35.5. The molecule has 1 amide bonds. The first-order valence-corrected chi connectivity index (χ1v) is 9.50. The van der Waals surface area contributed by atoms with Crippen molar-refractivity contribution in [3.63, 3.8) is 0 Å². The van der Waals surface area contributed by atoms with Crippen molar-refractivity contribution in [2.75, 3.05) is 13.1 Å². The van der Waals surface area contributed by atoms with Gasteiger partial charge < -0.3 is 20.8 Å². The Morgan fingerprint density at radius 3 is 2.64 bits per heavy atom. The first kappa shape index (κ1) is 20.4. The number of amides is 1. The summed E-state index contributed by atoms with van der Waals surface area (Å²) in [6.07, 6.45) is 3.23. The van der Waals surface area contributed by atoms with Crippen molar-refractivity contribution in [1.82, 2.24) is 10.3 Å². The van der Waals surface area contributed by atoms with Gasteiger partial charge in [0.1, 0.15) is 6.10 Å². The Kier molecular flexibility index (Phi) is 6.73. The molecule has 0 bridgehead atoms. The molecule has 4 rings (SSSR count). The minimum atomic E-state index is -0.391. The van der Waals surface area contributed by atoms with Crippen LogP contribution in [0.15, 0.2) is 60.8 Å². The van der Waals surface area contributed by atoms with Crippen molar-refractivity contribution in [2.45, 2.75) is 31.0 Å². The predicted octanol–water partition coefficient (Wildman–Crippen LogP) is 3.34. The summed E-state index contributed by atoms with van der Waals surface area (Å²) in [6, 6.07) is 18.5. The topological polar surface area (TPSA) is 80.1 Å². The lowest BCUT2D eigenvalue weighted by Crippen LogP contribution is -2.37. The molecule has 28 heavy (non-hydrogen) atoms. The summed E-state index contributed by atoms with van der Waals surface area (Å²) >= 11 is 0. The van der Waals surface area contributed by atoms with Gasteiger partial charge in [0.2, 0.25) is 5.91 Å². The number of hydrogen-bond acceptors (Lipinski definition) is 3. The van der Waals surface area contributed by atoms with E-state index in [1.54, 1.807) is 0 Å². The standard InChI is InChI=1S/C22H25N3O2.ClH/c23-12-16-10-11-21(27-16)22(26)25-13-18(15-6-2-1-3-7-15)19-14-24-20-9-5-4-8-17(19)20;/h1-9,14,16,18,21,24H,10-13,23H2,(H,25,26);1H/t16-,18?,21+;/m1./s1. The van der Waals surface area contributed by atoms with Crippen LogP contribution >= 0.6 is 12.4 Å². The van der Waals surface area contributed by atoms with Crippen LogP contribution < -0.4 is 11.1 Å². The number of rotatable bonds is 6. The summed E-state index contributed by atoms with van der Waals surface area (Å²) in [5.41, 5.74) is 9.11. The molecule has 2 aromatic carbocycles. The number of aromatic amines is 1. The van der Waals surface area contributed by atoms with Crippen LogP contribution in [0, 0.1) is 0 Å². The zero-order chi connectivity index (χ0) is 18.6. The average Bonchev–Trinajstić information content (AvgIpc) is 3.36. The number of ether oxygens (including phenoxy) is 1. The number of halogens is 1. The second-order valence-electron chi connectivity index (χ2n) is 7.06. The first-order chi connectivity index (χ1) is 13.3. The van der Waals surface area contributed by atoms with E-state index in [9.17, 15) is 4.79 Å². The average molecular weight is 400 g/mol. The molecule has 0 saturated carbocycles. The molecule has 2 heterocycles. The summed E-state index contributed by atoms with van der Waals surface area (Å²) in [5, 5.41) is 4.28. The fraction of sp³-hybridized carbons (Fsp3) is 0.318. The quantitative estimate of drug-likeness (QED) is 0.594. The molecule has 3 atom stereocenters. The van der Waals surface area contributed by atoms with Crippen LogP contribution in [-0.4, -0.2) is 36.2 Å². The molecule has 1 saturated heterocycles. The van der Waals surface area contributed by atoms with E-state index in [0.717, 1.165) is 18.4 Å². The lowest BCUT2D eigenvalue weighted by molar-refractivity contribution is -0.131. The lowest BCUT2D eigenvalue weighted by atomic mass is 9.91. The fourth-order valence-electron chi connectivity index (χ4n) is 3.86. The van der Waals surface area contributed by atoms with Gasteiger partial charge in [-0.2, -0.15) is 0 Å². The zero-order valence-electron chi connectivity index (χ0n) is 15.6. The molecule has 148 valence electrons. The lowest BCUT2D eigenvalue weighted by Gasteiger charge is -2.20. The third-order valence-electron chi connectivity index (χ3n) is 5.34. The normalized spacial score (nSPS) is 19.9. The van der Waals surface area contributed by atoms with Crippen molar-refractivity contribution >= 4 is 29.2 Å². The van der Waals surface area contributed by atoms with Crippen LogP contribution in [0.1, 0.15) is 29.9 Å². The Bertz CT molecular complexity index is 912. The number of nitrogens with two attached hydrogens (primary N) is 1. The summed E-state index contributed by atoms with van der Waals surface area (Å²) in [6.45, 7) is 0.990. The maximum atomic E-state index is 12.6. The van der Waals surface area contributed by atoms with Crippen molar-refractivity contribution in [1.29, 1.82) is 0 Å². The molecule has 0 aliphatic carbocycles. The van der Waals surface area contributed by atoms with Gasteiger partial charge in [0, 0.05) is 36.1 Å². The van der Waals surface area contributed by atoms with Gasteiger partial charge in [-0.1, -0.05) is 48.5 Å². The second kappa shape index (κ2) is 9.24. The highest BCUT2D eigenvalue weighted by Crippen LogP contribution is 2.30. The molecule has 0 spiro atoms. The molecular weight excluding hydrogens is 374 g/mol. The predicted molar refractivity (Wildman–Crippen MR) is 114 cm³/mol. The highest BCUT2D eigenvalue weighted by molar-refractivity contribution is 5.85. The largest absolute Gasteiger partial charge is 0.364 e. The molecule has 5 nitrogen and oxygen atoms in total. The summed E-state index contributed by atoms with van der Waals surface area (Å²) in [5.74, 6) is 0.0183. The van der Waals surface area contributed by atoms with Gasteiger partial charge in [-0.05, 0) is 30.0 Å². The minimum Gasteiger partial charge on any atom is -0.364 e. The van der Waals surface area contributed by atoms with Crippen molar-refractivity contribution in [2.24, 2.45) is 5.73 Å². The highest BCUT2D eigenvalue weighted by Gasteiger charge is 2.30. The molecule has 1 unspecified atom stereocenters. The van der Waals surface area contributed by atoms with Gasteiger partial charge in [-0.3, -0.25) is 4.79 Å². The van der Waals surface area contributed by atoms with Crippen LogP contribution in [0.5, 0.6) is 0 Å². The monoisotopic (exact) mass is 399 g/mol. The number of hydrogen-bond donors (Lipinski definition) is 3. The number of para-hydroxylation sites is 1. The molecule has 3 aromatic rings. The third-order valence-corrected chi connectivity index (χ3v) is 5.34. The van der Waals surface area contributed by atoms with Gasteiger partial charge in [-0.15, -0.1) is 12.4 Å². The van der Waals surface area contributed by atoms with E-state index >= 15 is 0 Å².